The van der Waals surface area contributed by atoms with Crippen molar-refractivity contribution in [2.45, 2.75) is 11.3 Å². The van der Waals surface area contributed by atoms with E-state index in [1.165, 1.54) is 11.3 Å². The number of fused-ring (bicyclic) bond motifs is 2. The second-order valence-corrected chi connectivity index (χ2v) is 8.36. The fraction of sp³-hybridized carbons (Fsp3) is 0.300. The molecule has 8 heteroatoms. The third-order valence-corrected chi connectivity index (χ3v) is 6.45. The lowest BCUT2D eigenvalue weighted by Crippen LogP contribution is -2.15. The molecule has 0 bridgehead atoms. The van der Waals surface area contributed by atoms with Crippen LogP contribution in [0, 0.1) is 0 Å². The van der Waals surface area contributed by atoms with Crippen LogP contribution in [-0.4, -0.2) is 36.6 Å². The predicted molar refractivity (Wildman–Crippen MR) is 111 cm³/mol. The molecule has 0 spiro atoms. The topological polar surface area (TPSA) is 62.0 Å². The summed E-state index contributed by atoms with van der Waals surface area (Å²) in [7, 11) is 3.55. The van der Waals surface area contributed by atoms with Crippen molar-refractivity contribution in [2.75, 3.05) is 26.1 Å². The zero-order valence-electron chi connectivity index (χ0n) is 15.6. The van der Waals surface area contributed by atoms with E-state index < -0.39 is 0 Å². The molecule has 0 fully saturated rings. The molecule has 6 nitrogen and oxygen atoms in total. The maximum atomic E-state index is 12.3. The number of nitrogens with zero attached hydrogens (tertiary/aromatic N) is 2. The monoisotopic (exact) mass is 416 g/mol. The maximum Gasteiger partial charge on any atom is 0.249 e. The number of amides is 1. The van der Waals surface area contributed by atoms with Gasteiger partial charge in [0.1, 0.15) is 19.0 Å². The molecule has 2 aromatic carbocycles. The average molecular weight is 417 g/mol. The summed E-state index contributed by atoms with van der Waals surface area (Å²) in [6, 6.07) is 11.7. The summed E-state index contributed by atoms with van der Waals surface area (Å²) in [5, 5.41) is 0. The Balaban J connectivity index is 1.46. The standard InChI is InChI=1S/C20H20N2O4S2/c1-22-15-11-16-17(26-9-8-25-16)12-18(15)28-20(22)21-19(23)7-10-27-14-5-3-13(24-2)4-6-14/h3-6,11-12H,7-10H2,1-2H3. The number of aryl methyl sites for hydroxylation is 1. The molecule has 0 unspecified atom stereocenters. The number of carbonyl (C=O) groups is 1. The smallest absolute Gasteiger partial charge is 0.249 e. The highest BCUT2D eigenvalue weighted by atomic mass is 32.2. The first kappa shape index (κ1) is 18.9. The van der Waals surface area contributed by atoms with Crippen LogP contribution in [0.25, 0.3) is 10.2 Å². The molecule has 3 aromatic rings. The Morgan fingerprint density at radius 1 is 1.21 bits per heavy atom. The number of hydrogen-bond donors (Lipinski definition) is 0. The summed E-state index contributed by atoms with van der Waals surface area (Å²) in [5.74, 6) is 2.86. The quantitative estimate of drug-likeness (QED) is 0.595. The fourth-order valence-corrected chi connectivity index (χ4v) is 4.75. The molecule has 1 aliphatic rings. The van der Waals surface area contributed by atoms with E-state index in [0.29, 0.717) is 30.2 Å². The third kappa shape index (κ3) is 4.02. The molecule has 1 amide bonds. The Bertz CT molecular complexity index is 1070. The van der Waals surface area contributed by atoms with Gasteiger partial charge in [-0.1, -0.05) is 11.3 Å². The first-order valence-corrected chi connectivity index (χ1v) is 10.7. The highest BCUT2D eigenvalue weighted by Gasteiger charge is 2.15. The van der Waals surface area contributed by atoms with Gasteiger partial charge in [-0.15, -0.1) is 11.8 Å². The predicted octanol–water partition coefficient (Wildman–Crippen LogP) is 3.63. The van der Waals surface area contributed by atoms with E-state index in [1.807, 2.05) is 48.0 Å². The number of benzene rings is 2. The summed E-state index contributed by atoms with van der Waals surface area (Å²) in [6.45, 7) is 1.10. The Kier molecular flexibility index (Phi) is 5.59. The van der Waals surface area contributed by atoms with E-state index >= 15 is 0 Å². The largest absolute Gasteiger partial charge is 0.497 e. The zero-order chi connectivity index (χ0) is 19.5. The lowest BCUT2D eigenvalue weighted by molar-refractivity contribution is -0.117. The number of hydrogen-bond acceptors (Lipinski definition) is 6. The first-order chi connectivity index (χ1) is 13.6. The molecule has 4 rings (SSSR count). The van der Waals surface area contributed by atoms with Crippen molar-refractivity contribution in [3.8, 4) is 17.2 Å². The lowest BCUT2D eigenvalue weighted by atomic mass is 10.3. The van der Waals surface area contributed by atoms with Gasteiger partial charge in [0.05, 0.1) is 17.3 Å². The summed E-state index contributed by atoms with van der Waals surface area (Å²) in [5.41, 5.74) is 0.980. The number of carbonyl (C=O) groups excluding carboxylic acids is 1. The Morgan fingerprint density at radius 2 is 1.93 bits per heavy atom. The summed E-state index contributed by atoms with van der Waals surface area (Å²) >= 11 is 3.11. The van der Waals surface area contributed by atoms with Gasteiger partial charge in [0.15, 0.2) is 16.3 Å². The normalized spacial score (nSPS) is 13.7. The number of thioether (sulfide) groups is 1. The van der Waals surface area contributed by atoms with Crippen LogP contribution in [0.2, 0.25) is 0 Å². The Labute approximate surface area is 170 Å². The molecule has 2 heterocycles. The van der Waals surface area contributed by atoms with Crippen LogP contribution in [0.4, 0.5) is 0 Å². The minimum atomic E-state index is -0.125. The van der Waals surface area contributed by atoms with Gasteiger partial charge in [-0.05, 0) is 24.3 Å². The molecule has 0 saturated carbocycles. The molecule has 0 N–H and O–H groups in total. The Morgan fingerprint density at radius 3 is 2.64 bits per heavy atom. The molecular weight excluding hydrogens is 396 g/mol. The first-order valence-electron chi connectivity index (χ1n) is 8.87. The van der Waals surface area contributed by atoms with Crippen LogP contribution < -0.4 is 19.0 Å². The van der Waals surface area contributed by atoms with Crippen molar-refractivity contribution in [3.63, 3.8) is 0 Å². The number of rotatable bonds is 5. The molecule has 28 heavy (non-hydrogen) atoms. The van der Waals surface area contributed by atoms with Gasteiger partial charge in [-0.3, -0.25) is 4.79 Å². The summed E-state index contributed by atoms with van der Waals surface area (Å²) < 4.78 is 19.4. The minimum Gasteiger partial charge on any atom is -0.497 e. The summed E-state index contributed by atoms with van der Waals surface area (Å²) in [4.78, 5) is 18.4. The van der Waals surface area contributed by atoms with Crippen LogP contribution >= 0.6 is 23.1 Å². The average Bonchev–Trinajstić information content (AvgIpc) is 3.01. The molecule has 0 radical (unpaired) electrons. The van der Waals surface area contributed by atoms with Crippen LogP contribution in [-0.2, 0) is 11.8 Å². The van der Waals surface area contributed by atoms with E-state index in [2.05, 4.69) is 4.99 Å². The van der Waals surface area contributed by atoms with Crippen molar-refractivity contribution in [2.24, 2.45) is 12.0 Å². The van der Waals surface area contributed by atoms with Crippen LogP contribution in [0.3, 0.4) is 0 Å². The lowest BCUT2D eigenvalue weighted by Gasteiger charge is -2.18. The van der Waals surface area contributed by atoms with Crippen molar-refractivity contribution in [1.82, 2.24) is 4.57 Å². The maximum absolute atomic E-state index is 12.3. The van der Waals surface area contributed by atoms with Crippen LogP contribution in [0.5, 0.6) is 17.2 Å². The number of methoxy groups -OCH3 is 1. The molecule has 0 aliphatic carbocycles. The molecule has 146 valence electrons. The number of thiazole rings is 1. The molecule has 0 saturated heterocycles. The molecule has 1 aliphatic heterocycles. The van der Waals surface area contributed by atoms with Crippen molar-refractivity contribution >= 4 is 39.2 Å². The highest BCUT2D eigenvalue weighted by molar-refractivity contribution is 7.99. The second-order valence-electron chi connectivity index (χ2n) is 6.19. The van der Waals surface area contributed by atoms with Gasteiger partial charge in [0, 0.05) is 36.2 Å². The van der Waals surface area contributed by atoms with Crippen molar-refractivity contribution in [3.05, 3.63) is 41.2 Å². The Hall–Kier alpha value is -2.45. The van der Waals surface area contributed by atoms with Gasteiger partial charge in [0.25, 0.3) is 0 Å². The van der Waals surface area contributed by atoms with E-state index in [1.54, 1.807) is 18.9 Å². The zero-order valence-corrected chi connectivity index (χ0v) is 17.3. The van der Waals surface area contributed by atoms with E-state index in [4.69, 9.17) is 14.2 Å². The molecule has 1 aromatic heterocycles. The summed E-state index contributed by atoms with van der Waals surface area (Å²) in [6.07, 6.45) is 0.383. The van der Waals surface area contributed by atoms with Gasteiger partial charge < -0.3 is 18.8 Å². The van der Waals surface area contributed by atoms with Gasteiger partial charge in [-0.25, -0.2) is 0 Å². The highest BCUT2D eigenvalue weighted by Crippen LogP contribution is 2.35. The van der Waals surface area contributed by atoms with E-state index in [9.17, 15) is 4.79 Å². The number of ether oxygens (including phenoxy) is 3. The van der Waals surface area contributed by atoms with Crippen LogP contribution in [0.15, 0.2) is 46.3 Å². The number of aromatic nitrogens is 1. The van der Waals surface area contributed by atoms with Gasteiger partial charge in [-0.2, -0.15) is 4.99 Å². The van der Waals surface area contributed by atoms with Crippen molar-refractivity contribution in [1.29, 1.82) is 0 Å². The fourth-order valence-electron chi connectivity index (χ4n) is 2.86. The van der Waals surface area contributed by atoms with Gasteiger partial charge in [0.2, 0.25) is 5.91 Å². The minimum absolute atomic E-state index is 0.125. The molecular formula is C20H20N2O4S2. The SMILES string of the molecule is COc1ccc(SCCC(=O)N=c2sc3cc4c(cc3n2C)OCCO4)cc1. The van der Waals surface area contributed by atoms with Crippen molar-refractivity contribution < 1.29 is 19.0 Å². The van der Waals surface area contributed by atoms with Gasteiger partial charge >= 0.3 is 0 Å². The van der Waals surface area contributed by atoms with Crippen LogP contribution in [0.1, 0.15) is 6.42 Å². The van der Waals surface area contributed by atoms with E-state index in [0.717, 1.165) is 32.4 Å². The molecule has 0 atom stereocenters. The second kappa shape index (κ2) is 8.28. The third-order valence-electron chi connectivity index (χ3n) is 4.34. The van der Waals surface area contributed by atoms with E-state index in [-0.39, 0.29) is 5.91 Å².